The second-order valence-corrected chi connectivity index (χ2v) is 3.95. The normalized spacial score (nSPS) is 12.7. The fourth-order valence-electron chi connectivity index (χ4n) is 1.19. The summed E-state index contributed by atoms with van der Waals surface area (Å²) in [5, 5.41) is 3.45. The molecule has 0 aromatic heterocycles. The van der Waals surface area contributed by atoms with E-state index in [9.17, 15) is 0 Å². The van der Waals surface area contributed by atoms with E-state index in [0.717, 1.165) is 6.54 Å². The number of alkyl halides is 1. The molecule has 0 radical (unpaired) electrons. The molecule has 0 saturated heterocycles. The summed E-state index contributed by atoms with van der Waals surface area (Å²) in [5.41, 5.74) is 0.255. The van der Waals surface area contributed by atoms with E-state index in [1.54, 1.807) is 0 Å². The van der Waals surface area contributed by atoms with Crippen molar-refractivity contribution in [2.24, 2.45) is 0 Å². The molecule has 0 unspecified atom stereocenters. The average Bonchev–Trinajstić information content (AvgIpc) is 1.98. The van der Waals surface area contributed by atoms with E-state index >= 15 is 0 Å². The van der Waals surface area contributed by atoms with E-state index in [-0.39, 0.29) is 5.54 Å². The van der Waals surface area contributed by atoms with Gasteiger partial charge in [0.25, 0.3) is 0 Å². The summed E-state index contributed by atoms with van der Waals surface area (Å²) < 4.78 is 0. The summed E-state index contributed by atoms with van der Waals surface area (Å²) in [4.78, 5) is 0. The molecule has 1 N–H and O–H groups in total. The maximum atomic E-state index is 5.50. The largest absolute Gasteiger partial charge is 0.308 e. The van der Waals surface area contributed by atoms with Crippen LogP contribution in [-0.2, 0) is 0 Å². The van der Waals surface area contributed by atoms with Gasteiger partial charge < -0.3 is 5.32 Å². The molecule has 1 nitrogen and oxygen atoms in total. The third-order valence-corrected chi connectivity index (χ3v) is 2.01. The van der Waals surface area contributed by atoms with Crippen molar-refractivity contribution in [2.45, 2.75) is 39.2 Å². The summed E-state index contributed by atoms with van der Waals surface area (Å²) in [5.74, 6) is 0.607. The Kier molecular flexibility index (Phi) is 6.49. The van der Waals surface area contributed by atoms with E-state index in [2.05, 4.69) is 32.2 Å². The maximum absolute atomic E-state index is 5.50. The lowest BCUT2D eigenvalue weighted by molar-refractivity contribution is 0.375. The van der Waals surface area contributed by atoms with Crippen LogP contribution in [0.15, 0.2) is 12.2 Å². The minimum atomic E-state index is 0.255. The molecule has 0 saturated carbocycles. The Morgan fingerprint density at radius 2 is 2.00 bits per heavy atom. The standard InChI is InChI=1S/C10H20ClN/c1-4-7-10(2,3)12-9-6-5-8-11/h5-6,12H,4,7-9H2,1-3H3/b6-5+. The highest BCUT2D eigenvalue weighted by Crippen LogP contribution is 2.09. The minimum absolute atomic E-state index is 0.255. The van der Waals surface area contributed by atoms with Crippen LogP contribution in [0.5, 0.6) is 0 Å². The van der Waals surface area contributed by atoms with Gasteiger partial charge in [0.05, 0.1) is 0 Å². The molecule has 0 aliphatic rings. The van der Waals surface area contributed by atoms with Gasteiger partial charge in [0.2, 0.25) is 0 Å². The predicted molar refractivity (Wildman–Crippen MR) is 56.8 cm³/mol. The fraction of sp³-hybridized carbons (Fsp3) is 0.800. The van der Waals surface area contributed by atoms with Crippen LogP contribution in [0.25, 0.3) is 0 Å². The second kappa shape index (κ2) is 6.50. The van der Waals surface area contributed by atoms with Gasteiger partial charge in [-0.3, -0.25) is 0 Å². The van der Waals surface area contributed by atoms with Gasteiger partial charge in [-0.2, -0.15) is 0 Å². The van der Waals surface area contributed by atoms with E-state index in [1.165, 1.54) is 12.8 Å². The molecule has 0 atom stereocenters. The third kappa shape index (κ3) is 6.68. The SMILES string of the molecule is CCCC(C)(C)NC/C=C/CCl. The van der Waals surface area contributed by atoms with Crippen molar-refractivity contribution in [3.05, 3.63) is 12.2 Å². The molecule has 0 aromatic carbocycles. The molecule has 0 bridgehead atoms. The zero-order chi connectivity index (χ0) is 9.45. The molecule has 0 heterocycles. The smallest absolute Gasteiger partial charge is 0.0404 e. The number of rotatable bonds is 6. The molecule has 0 aliphatic heterocycles. The molecule has 72 valence electrons. The van der Waals surface area contributed by atoms with E-state index < -0.39 is 0 Å². The Bertz CT molecular complexity index is 130. The van der Waals surface area contributed by atoms with Gasteiger partial charge in [0.15, 0.2) is 0 Å². The van der Waals surface area contributed by atoms with Gasteiger partial charge >= 0.3 is 0 Å². The third-order valence-electron chi connectivity index (χ3n) is 1.83. The first kappa shape index (κ1) is 12.0. The molecule has 0 spiro atoms. The topological polar surface area (TPSA) is 12.0 Å². The molecular formula is C10H20ClN. The summed E-state index contributed by atoms with van der Waals surface area (Å²) in [6, 6.07) is 0. The predicted octanol–water partition coefficient (Wildman–Crippen LogP) is 2.95. The molecule has 0 aliphatic carbocycles. The Morgan fingerprint density at radius 3 is 2.50 bits per heavy atom. The second-order valence-electron chi connectivity index (χ2n) is 3.64. The van der Waals surface area contributed by atoms with Crippen LogP contribution in [0.1, 0.15) is 33.6 Å². The molecular weight excluding hydrogens is 170 g/mol. The van der Waals surface area contributed by atoms with E-state index in [0.29, 0.717) is 5.88 Å². The van der Waals surface area contributed by atoms with Crippen LogP contribution in [0, 0.1) is 0 Å². The van der Waals surface area contributed by atoms with Crippen molar-refractivity contribution in [2.75, 3.05) is 12.4 Å². The highest BCUT2D eigenvalue weighted by Gasteiger charge is 2.13. The molecule has 12 heavy (non-hydrogen) atoms. The molecule has 2 heteroatoms. The lowest BCUT2D eigenvalue weighted by atomic mass is 9.99. The first-order valence-electron chi connectivity index (χ1n) is 4.58. The minimum Gasteiger partial charge on any atom is -0.308 e. The van der Waals surface area contributed by atoms with Crippen molar-refractivity contribution >= 4 is 11.6 Å². The quantitative estimate of drug-likeness (QED) is 0.501. The zero-order valence-electron chi connectivity index (χ0n) is 8.36. The average molecular weight is 190 g/mol. The number of hydrogen-bond acceptors (Lipinski definition) is 1. The number of hydrogen-bond donors (Lipinski definition) is 1. The van der Waals surface area contributed by atoms with Crippen LogP contribution >= 0.6 is 11.6 Å². The van der Waals surface area contributed by atoms with Gasteiger partial charge in [0.1, 0.15) is 0 Å². The van der Waals surface area contributed by atoms with Crippen molar-refractivity contribution in [3.63, 3.8) is 0 Å². The Balaban J connectivity index is 3.53. The molecule has 0 aromatic rings. The van der Waals surface area contributed by atoms with Crippen LogP contribution in [0.2, 0.25) is 0 Å². The summed E-state index contributed by atoms with van der Waals surface area (Å²) >= 11 is 5.50. The Hall–Kier alpha value is -0.0100. The number of halogens is 1. The molecule has 0 fully saturated rings. The highest BCUT2D eigenvalue weighted by molar-refractivity contribution is 6.18. The first-order chi connectivity index (χ1) is 5.62. The highest BCUT2D eigenvalue weighted by atomic mass is 35.5. The molecule has 0 amide bonds. The van der Waals surface area contributed by atoms with Crippen LogP contribution in [-0.4, -0.2) is 18.0 Å². The summed E-state index contributed by atoms with van der Waals surface area (Å²) in [6.07, 6.45) is 6.47. The lowest BCUT2D eigenvalue weighted by Gasteiger charge is -2.24. The van der Waals surface area contributed by atoms with Crippen LogP contribution in [0.4, 0.5) is 0 Å². The van der Waals surface area contributed by atoms with Crippen molar-refractivity contribution in [1.29, 1.82) is 0 Å². The van der Waals surface area contributed by atoms with Gasteiger partial charge in [-0.15, -0.1) is 11.6 Å². The lowest BCUT2D eigenvalue weighted by Crippen LogP contribution is -2.38. The first-order valence-corrected chi connectivity index (χ1v) is 5.12. The van der Waals surface area contributed by atoms with Crippen molar-refractivity contribution < 1.29 is 0 Å². The zero-order valence-corrected chi connectivity index (χ0v) is 9.12. The van der Waals surface area contributed by atoms with Gasteiger partial charge in [-0.05, 0) is 20.3 Å². The summed E-state index contributed by atoms with van der Waals surface area (Å²) in [6.45, 7) is 7.58. The monoisotopic (exact) mass is 189 g/mol. The van der Waals surface area contributed by atoms with E-state index in [4.69, 9.17) is 11.6 Å². The Labute approximate surface area is 81.2 Å². The van der Waals surface area contributed by atoms with Gasteiger partial charge in [-0.25, -0.2) is 0 Å². The van der Waals surface area contributed by atoms with E-state index in [1.807, 2.05) is 6.08 Å². The summed E-state index contributed by atoms with van der Waals surface area (Å²) in [7, 11) is 0. The van der Waals surface area contributed by atoms with Gasteiger partial charge in [-0.1, -0.05) is 25.5 Å². The maximum Gasteiger partial charge on any atom is 0.0404 e. The number of nitrogens with one attached hydrogen (secondary N) is 1. The molecule has 0 rings (SSSR count). The Morgan fingerprint density at radius 1 is 1.33 bits per heavy atom. The van der Waals surface area contributed by atoms with Crippen molar-refractivity contribution in [3.8, 4) is 0 Å². The van der Waals surface area contributed by atoms with Crippen LogP contribution < -0.4 is 5.32 Å². The number of allylic oxidation sites excluding steroid dienone is 1. The van der Waals surface area contributed by atoms with Gasteiger partial charge in [0, 0.05) is 18.0 Å². The fourth-order valence-corrected chi connectivity index (χ4v) is 1.32. The van der Waals surface area contributed by atoms with Crippen LogP contribution in [0.3, 0.4) is 0 Å². The van der Waals surface area contributed by atoms with Crippen molar-refractivity contribution in [1.82, 2.24) is 5.32 Å².